The van der Waals surface area contributed by atoms with Gasteiger partial charge in [0.05, 0.1) is 12.7 Å². The molecule has 0 amide bonds. The van der Waals surface area contributed by atoms with E-state index >= 15 is 0 Å². The number of H-pyrrole nitrogens is 1. The van der Waals surface area contributed by atoms with Crippen LogP contribution in [0, 0.1) is 13.8 Å². The first kappa shape index (κ1) is 18.4. The van der Waals surface area contributed by atoms with Crippen molar-refractivity contribution in [2.45, 2.75) is 13.8 Å². The Hall–Kier alpha value is -3.40. The Labute approximate surface area is 158 Å². The number of rotatable bonds is 5. The largest absolute Gasteiger partial charge is 0.497 e. The first-order valence-electron chi connectivity index (χ1n) is 8.66. The van der Waals surface area contributed by atoms with Crippen LogP contribution in [0.1, 0.15) is 32.7 Å². The molecule has 4 nitrogen and oxygen atoms in total. The van der Waals surface area contributed by atoms with Gasteiger partial charge in [-0.05, 0) is 54.8 Å². The number of carbonyl (C=O) groups is 1. The van der Waals surface area contributed by atoms with Gasteiger partial charge >= 0.3 is 0 Å². The SMILES string of the molecule is COc1ccc(C=C(C(=O)c2c(C)cc(C)[nH]c2=O)c2ccccc2)cc1. The van der Waals surface area contributed by atoms with Crippen molar-refractivity contribution >= 4 is 17.4 Å². The summed E-state index contributed by atoms with van der Waals surface area (Å²) in [6, 6.07) is 18.6. The second-order valence-electron chi connectivity index (χ2n) is 6.37. The van der Waals surface area contributed by atoms with Crippen molar-refractivity contribution in [1.29, 1.82) is 0 Å². The van der Waals surface area contributed by atoms with Crippen LogP contribution in [0.25, 0.3) is 11.6 Å². The van der Waals surface area contributed by atoms with E-state index in [4.69, 9.17) is 4.74 Å². The van der Waals surface area contributed by atoms with E-state index in [1.165, 1.54) is 0 Å². The number of pyridine rings is 1. The Morgan fingerprint density at radius 3 is 2.26 bits per heavy atom. The molecule has 3 aromatic rings. The van der Waals surface area contributed by atoms with Crippen LogP contribution < -0.4 is 10.3 Å². The Kier molecular flexibility index (Phi) is 5.36. The Morgan fingerprint density at radius 2 is 1.67 bits per heavy atom. The lowest BCUT2D eigenvalue weighted by Gasteiger charge is -2.10. The summed E-state index contributed by atoms with van der Waals surface area (Å²) in [5.41, 5.74) is 3.28. The molecule has 27 heavy (non-hydrogen) atoms. The minimum atomic E-state index is -0.367. The van der Waals surface area contributed by atoms with E-state index in [1.807, 2.05) is 60.7 Å². The molecule has 0 spiro atoms. The van der Waals surface area contributed by atoms with E-state index < -0.39 is 0 Å². The first-order valence-corrected chi connectivity index (χ1v) is 8.66. The molecule has 3 rings (SSSR count). The van der Waals surface area contributed by atoms with Crippen molar-refractivity contribution in [3.8, 4) is 5.75 Å². The number of ether oxygens (including phenoxy) is 1. The third-order valence-corrected chi connectivity index (χ3v) is 4.35. The summed E-state index contributed by atoms with van der Waals surface area (Å²) >= 11 is 0. The van der Waals surface area contributed by atoms with Crippen LogP contribution in [0.4, 0.5) is 0 Å². The zero-order chi connectivity index (χ0) is 19.4. The Bertz CT molecular complexity index is 1050. The van der Waals surface area contributed by atoms with Gasteiger partial charge in [0.25, 0.3) is 5.56 Å². The quantitative estimate of drug-likeness (QED) is 0.417. The molecule has 1 N–H and O–H groups in total. The molecule has 1 heterocycles. The molecule has 0 bridgehead atoms. The van der Waals surface area contributed by atoms with Crippen LogP contribution in [0.15, 0.2) is 65.5 Å². The molecule has 0 aliphatic rings. The molecule has 0 fully saturated rings. The van der Waals surface area contributed by atoms with Gasteiger partial charge in [0.15, 0.2) is 5.78 Å². The van der Waals surface area contributed by atoms with Gasteiger partial charge in [-0.15, -0.1) is 0 Å². The summed E-state index contributed by atoms with van der Waals surface area (Å²) < 4.78 is 5.19. The van der Waals surface area contributed by atoms with Crippen LogP contribution in [0.5, 0.6) is 5.75 Å². The van der Waals surface area contributed by atoms with Crippen molar-refractivity contribution in [3.63, 3.8) is 0 Å². The highest BCUT2D eigenvalue weighted by atomic mass is 16.5. The zero-order valence-corrected chi connectivity index (χ0v) is 15.6. The summed E-state index contributed by atoms with van der Waals surface area (Å²) in [5.74, 6) is 0.446. The van der Waals surface area contributed by atoms with Crippen LogP contribution >= 0.6 is 0 Å². The first-order chi connectivity index (χ1) is 13.0. The van der Waals surface area contributed by atoms with E-state index in [0.717, 1.165) is 22.6 Å². The summed E-state index contributed by atoms with van der Waals surface area (Å²) in [6.45, 7) is 3.58. The molecule has 1 aromatic heterocycles. The third-order valence-electron chi connectivity index (χ3n) is 4.35. The lowest BCUT2D eigenvalue weighted by Crippen LogP contribution is -2.21. The molecule has 0 aliphatic heterocycles. The minimum Gasteiger partial charge on any atom is -0.497 e. The fourth-order valence-corrected chi connectivity index (χ4v) is 3.04. The predicted molar refractivity (Wildman–Crippen MR) is 108 cm³/mol. The smallest absolute Gasteiger partial charge is 0.259 e. The molecule has 0 atom stereocenters. The number of carbonyl (C=O) groups excluding carboxylic acids is 1. The highest BCUT2D eigenvalue weighted by molar-refractivity contribution is 6.32. The molecule has 2 aromatic carbocycles. The topological polar surface area (TPSA) is 59.2 Å². The maximum absolute atomic E-state index is 13.3. The highest BCUT2D eigenvalue weighted by Crippen LogP contribution is 2.24. The van der Waals surface area contributed by atoms with Crippen molar-refractivity contribution in [2.24, 2.45) is 0 Å². The fraction of sp³-hybridized carbons (Fsp3) is 0.130. The number of hydrogen-bond acceptors (Lipinski definition) is 3. The number of aromatic nitrogens is 1. The number of methoxy groups -OCH3 is 1. The molecular formula is C23H21NO3. The van der Waals surface area contributed by atoms with Crippen molar-refractivity contribution in [2.75, 3.05) is 7.11 Å². The third kappa shape index (κ3) is 4.06. The summed E-state index contributed by atoms with van der Waals surface area (Å²) in [5, 5.41) is 0. The van der Waals surface area contributed by atoms with Crippen LogP contribution in [-0.2, 0) is 0 Å². The molecule has 0 unspecified atom stereocenters. The van der Waals surface area contributed by atoms with E-state index in [1.54, 1.807) is 27.0 Å². The number of ketones is 1. The lowest BCUT2D eigenvalue weighted by molar-refractivity contribution is 0.105. The van der Waals surface area contributed by atoms with Gasteiger partial charge in [-0.1, -0.05) is 42.5 Å². The lowest BCUT2D eigenvalue weighted by atomic mass is 9.93. The van der Waals surface area contributed by atoms with Crippen LogP contribution in [0.2, 0.25) is 0 Å². The number of Topliss-reactive ketones (excluding diaryl/α,β-unsaturated/α-hetero) is 1. The van der Waals surface area contributed by atoms with Gasteiger partial charge in [0, 0.05) is 11.3 Å². The monoisotopic (exact) mass is 359 g/mol. The zero-order valence-electron chi connectivity index (χ0n) is 15.6. The van der Waals surface area contributed by atoms with E-state index in [2.05, 4.69) is 4.98 Å². The average Bonchev–Trinajstić information content (AvgIpc) is 2.66. The number of benzene rings is 2. The average molecular weight is 359 g/mol. The molecule has 4 heteroatoms. The summed E-state index contributed by atoms with van der Waals surface area (Å²) in [6.07, 6.45) is 1.80. The van der Waals surface area contributed by atoms with Gasteiger partial charge in [0.1, 0.15) is 5.75 Å². The van der Waals surface area contributed by atoms with E-state index in [0.29, 0.717) is 11.1 Å². The predicted octanol–water partition coefficient (Wildman–Crippen LogP) is 4.42. The Morgan fingerprint density at radius 1 is 1.00 bits per heavy atom. The summed E-state index contributed by atoms with van der Waals surface area (Å²) in [4.78, 5) is 28.5. The van der Waals surface area contributed by atoms with Gasteiger partial charge in [-0.25, -0.2) is 0 Å². The maximum atomic E-state index is 13.3. The molecule has 0 saturated heterocycles. The maximum Gasteiger partial charge on any atom is 0.259 e. The van der Waals surface area contributed by atoms with E-state index in [9.17, 15) is 9.59 Å². The molecule has 0 radical (unpaired) electrons. The molecule has 0 aliphatic carbocycles. The van der Waals surface area contributed by atoms with Gasteiger partial charge in [-0.3, -0.25) is 9.59 Å². The Balaban J connectivity index is 2.14. The molecule has 0 saturated carbocycles. The van der Waals surface area contributed by atoms with Gasteiger partial charge < -0.3 is 9.72 Å². The van der Waals surface area contributed by atoms with Crippen LogP contribution in [-0.4, -0.2) is 17.9 Å². The summed E-state index contributed by atoms with van der Waals surface area (Å²) in [7, 11) is 1.61. The number of nitrogens with one attached hydrogen (secondary N) is 1. The standard InChI is InChI=1S/C23H21NO3/c1-15-13-16(2)24-23(26)21(15)22(25)20(18-7-5-4-6-8-18)14-17-9-11-19(27-3)12-10-17/h4-14H,1-3H3,(H,24,26). The van der Waals surface area contributed by atoms with Crippen molar-refractivity contribution < 1.29 is 9.53 Å². The fourth-order valence-electron chi connectivity index (χ4n) is 3.04. The normalized spacial score (nSPS) is 11.3. The van der Waals surface area contributed by atoms with Crippen LogP contribution in [0.3, 0.4) is 0 Å². The number of aromatic amines is 1. The number of aryl methyl sites for hydroxylation is 2. The van der Waals surface area contributed by atoms with Crippen molar-refractivity contribution in [3.05, 3.63) is 99.0 Å². The van der Waals surface area contributed by atoms with Gasteiger partial charge in [-0.2, -0.15) is 0 Å². The number of hydrogen-bond donors (Lipinski definition) is 1. The molecule has 136 valence electrons. The van der Waals surface area contributed by atoms with Gasteiger partial charge in [0.2, 0.25) is 0 Å². The van der Waals surface area contributed by atoms with Crippen molar-refractivity contribution in [1.82, 2.24) is 4.98 Å². The second kappa shape index (κ2) is 7.87. The minimum absolute atomic E-state index is 0.171. The number of allylic oxidation sites excluding steroid dienone is 1. The molecular weight excluding hydrogens is 338 g/mol. The second-order valence-corrected chi connectivity index (χ2v) is 6.37. The van der Waals surface area contributed by atoms with E-state index in [-0.39, 0.29) is 16.9 Å². The highest BCUT2D eigenvalue weighted by Gasteiger charge is 2.20.